The van der Waals surface area contributed by atoms with E-state index in [1.54, 1.807) is 29.9 Å². The van der Waals surface area contributed by atoms with E-state index in [-0.39, 0.29) is 12.5 Å². The first kappa shape index (κ1) is 16.4. The molecule has 0 saturated heterocycles. The maximum absolute atomic E-state index is 12.3. The lowest BCUT2D eigenvalue weighted by molar-refractivity contribution is 0.0557. The van der Waals surface area contributed by atoms with Gasteiger partial charge in [-0.25, -0.2) is 4.68 Å². The lowest BCUT2D eigenvalue weighted by Crippen LogP contribution is -2.38. The minimum atomic E-state index is -1.07. The minimum Gasteiger partial charge on any atom is -0.383 e. The third-order valence-corrected chi connectivity index (χ3v) is 4.87. The predicted octanol–water partition coefficient (Wildman–Crippen LogP) is 2.88. The summed E-state index contributed by atoms with van der Waals surface area (Å²) in [4.78, 5) is 13.1. The Kier molecular flexibility index (Phi) is 4.51. The fourth-order valence-electron chi connectivity index (χ4n) is 2.35. The van der Waals surface area contributed by atoms with Gasteiger partial charge >= 0.3 is 0 Å². The lowest BCUT2D eigenvalue weighted by Gasteiger charge is -2.22. The molecule has 1 aromatic carbocycles. The molecule has 2 heterocycles. The van der Waals surface area contributed by atoms with E-state index in [1.807, 2.05) is 42.8 Å². The van der Waals surface area contributed by atoms with E-state index < -0.39 is 5.60 Å². The van der Waals surface area contributed by atoms with E-state index in [1.165, 1.54) is 11.3 Å². The zero-order valence-corrected chi connectivity index (χ0v) is 14.4. The summed E-state index contributed by atoms with van der Waals surface area (Å²) in [6.45, 7) is 3.83. The maximum atomic E-state index is 12.3. The van der Waals surface area contributed by atoms with Gasteiger partial charge < -0.3 is 10.4 Å². The second-order valence-electron chi connectivity index (χ2n) is 5.94. The number of thiophene rings is 1. The fraction of sp³-hybridized carbons (Fsp3) is 0.222. The van der Waals surface area contributed by atoms with Crippen LogP contribution in [0.4, 0.5) is 0 Å². The van der Waals surface area contributed by atoms with Gasteiger partial charge in [-0.15, -0.1) is 11.3 Å². The molecule has 0 aliphatic rings. The zero-order chi connectivity index (χ0) is 17.2. The quantitative estimate of drug-likeness (QED) is 0.750. The van der Waals surface area contributed by atoms with Crippen LogP contribution in [0.1, 0.15) is 27.7 Å². The molecule has 0 fully saturated rings. The van der Waals surface area contributed by atoms with E-state index in [9.17, 15) is 9.90 Å². The maximum Gasteiger partial charge on any atom is 0.251 e. The summed E-state index contributed by atoms with van der Waals surface area (Å²) in [5.41, 5.74) is 1.44. The van der Waals surface area contributed by atoms with Crippen molar-refractivity contribution in [3.05, 3.63) is 70.2 Å². The monoisotopic (exact) mass is 341 g/mol. The van der Waals surface area contributed by atoms with Crippen LogP contribution in [-0.4, -0.2) is 27.3 Å². The summed E-state index contributed by atoms with van der Waals surface area (Å²) >= 11 is 1.47. The van der Waals surface area contributed by atoms with Gasteiger partial charge in [-0.3, -0.25) is 4.79 Å². The van der Waals surface area contributed by atoms with Crippen LogP contribution in [0, 0.1) is 6.92 Å². The van der Waals surface area contributed by atoms with Crippen molar-refractivity contribution in [2.75, 3.05) is 6.54 Å². The van der Waals surface area contributed by atoms with Crippen LogP contribution in [0.15, 0.2) is 54.2 Å². The fourth-order valence-corrected chi connectivity index (χ4v) is 3.13. The summed E-state index contributed by atoms with van der Waals surface area (Å²) < 4.78 is 1.76. The van der Waals surface area contributed by atoms with Crippen molar-refractivity contribution in [3.63, 3.8) is 0 Å². The molecule has 0 spiro atoms. The minimum absolute atomic E-state index is 0.159. The zero-order valence-electron chi connectivity index (χ0n) is 13.6. The molecule has 2 aromatic heterocycles. The second-order valence-corrected chi connectivity index (χ2v) is 6.89. The molecule has 0 radical (unpaired) electrons. The summed E-state index contributed by atoms with van der Waals surface area (Å²) in [6.07, 6.45) is 3.71. The van der Waals surface area contributed by atoms with Crippen LogP contribution >= 0.6 is 11.3 Å². The Morgan fingerprint density at radius 3 is 2.67 bits per heavy atom. The summed E-state index contributed by atoms with van der Waals surface area (Å²) in [6, 6.07) is 10.9. The summed E-state index contributed by atoms with van der Waals surface area (Å²) in [5, 5.41) is 19.4. The molecule has 0 aliphatic heterocycles. The molecule has 0 aliphatic carbocycles. The molecule has 0 saturated carbocycles. The van der Waals surface area contributed by atoms with Crippen molar-refractivity contribution >= 4 is 17.2 Å². The molecule has 3 rings (SSSR count). The first-order valence-electron chi connectivity index (χ1n) is 7.62. The molecule has 3 aromatic rings. The Labute approximate surface area is 144 Å². The third-order valence-electron chi connectivity index (χ3n) is 3.75. The highest BCUT2D eigenvalue weighted by Crippen LogP contribution is 2.24. The standard InChI is InChI=1S/C18H19N3O2S/c1-13-10-20-21(11-13)15-7-5-14(6-8-15)17(22)19-12-18(2,23)16-4-3-9-24-16/h3-11,23H,12H2,1-2H3,(H,19,22). The summed E-state index contributed by atoms with van der Waals surface area (Å²) in [5.74, 6) is -0.213. The molecule has 5 nitrogen and oxygen atoms in total. The van der Waals surface area contributed by atoms with Gasteiger partial charge in [-0.2, -0.15) is 5.10 Å². The molecule has 124 valence electrons. The van der Waals surface area contributed by atoms with E-state index >= 15 is 0 Å². The molecule has 0 bridgehead atoms. The van der Waals surface area contributed by atoms with Crippen molar-refractivity contribution in [2.24, 2.45) is 0 Å². The predicted molar refractivity (Wildman–Crippen MR) is 94.5 cm³/mol. The SMILES string of the molecule is Cc1cnn(-c2ccc(C(=O)NCC(C)(O)c3cccs3)cc2)c1. The number of hydrogen-bond donors (Lipinski definition) is 2. The number of hydrogen-bond acceptors (Lipinski definition) is 4. The van der Waals surface area contributed by atoms with Crippen molar-refractivity contribution in [1.82, 2.24) is 15.1 Å². The third kappa shape index (κ3) is 3.55. The van der Waals surface area contributed by atoms with Crippen LogP contribution in [0.3, 0.4) is 0 Å². The van der Waals surface area contributed by atoms with Crippen LogP contribution in [-0.2, 0) is 5.60 Å². The number of carbonyl (C=O) groups excluding carboxylic acids is 1. The number of aliphatic hydroxyl groups is 1. The van der Waals surface area contributed by atoms with Gasteiger partial charge in [0.15, 0.2) is 0 Å². The van der Waals surface area contributed by atoms with E-state index in [4.69, 9.17) is 0 Å². The van der Waals surface area contributed by atoms with E-state index in [0.29, 0.717) is 5.56 Å². The van der Waals surface area contributed by atoms with Gasteiger partial charge in [0.05, 0.1) is 18.4 Å². The van der Waals surface area contributed by atoms with Gasteiger partial charge in [-0.05, 0) is 55.1 Å². The van der Waals surface area contributed by atoms with Crippen molar-refractivity contribution in [3.8, 4) is 5.69 Å². The smallest absolute Gasteiger partial charge is 0.251 e. The van der Waals surface area contributed by atoms with E-state index in [0.717, 1.165) is 16.1 Å². The first-order chi connectivity index (χ1) is 11.5. The normalized spacial score (nSPS) is 13.5. The molecule has 1 atom stereocenters. The number of aromatic nitrogens is 2. The van der Waals surface area contributed by atoms with Gasteiger partial charge in [0, 0.05) is 16.6 Å². The Morgan fingerprint density at radius 1 is 1.33 bits per heavy atom. The van der Waals surface area contributed by atoms with Crippen LogP contribution in [0.25, 0.3) is 5.69 Å². The Bertz CT molecular complexity index is 820. The molecule has 2 N–H and O–H groups in total. The summed E-state index contributed by atoms with van der Waals surface area (Å²) in [7, 11) is 0. The van der Waals surface area contributed by atoms with E-state index in [2.05, 4.69) is 10.4 Å². The molecule has 24 heavy (non-hydrogen) atoms. The number of aryl methyl sites for hydroxylation is 1. The molecule has 1 amide bonds. The highest BCUT2D eigenvalue weighted by atomic mass is 32.1. The average molecular weight is 341 g/mol. The highest BCUT2D eigenvalue weighted by Gasteiger charge is 2.25. The number of rotatable bonds is 5. The van der Waals surface area contributed by atoms with Crippen molar-refractivity contribution < 1.29 is 9.90 Å². The molecular formula is C18H19N3O2S. The molecule has 1 unspecified atom stereocenters. The number of benzene rings is 1. The van der Waals surface area contributed by atoms with Gasteiger partial charge in [0.25, 0.3) is 5.91 Å². The number of nitrogens with one attached hydrogen (secondary N) is 1. The van der Waals surface area contributed by atoms with Crippen molar-refractivity contribution in [2.45, 2.75) is 19.4 Å². The Hall–Kier alpha value is -2.44. The number of nitrogens with zero attached hydrogens (tertiary/aromatic N) is 2. The second kappa shape index (κ2) is 6.59. The van der Waals surface area contributed by atoms with Crippen LogP contribution < -0.4 is 5.32 Å². The Balaban J connectivity index is 1.65. The number of amides is 1. The van der Waals surface area contributed by atoms with Crippen molar-refractivity contribution in [1.29, 1.82) is 0 Å². The van der Waals surface area contributed by atoms with Gasteiger partial charge in [0.1, 0.15) is 5.60 Å². The molecular weight excluding hydrogens is 322 g/mol. The number of carbonyl (C=O) groups is 1. The van der Waals surface area contributed by atoms with Crippen LogP contribution in [0.5, 0.6) is 0 Å². The van der Waals surface area contributed by atoms with Gasteiger partial charge in [0.2, 0.25) is 0 Å². The highest BCUT2D eigenvalue weighted by molar-refractivity contribution is 7.10. The van der Waals surface area contributed by atoms with Gasteiger partial charge in [-0.1, -0.05) is 6.07 Å². The largest absolute Gasteiger partial charge is 0.383 e. The first-order valence-corrected chi connectivity index (χ1v) is 8.50. The lowest BCUT2D eigenvalue weighted by atomic mass is 10.0. The van der Waals surface area contributed by atoms with Crippen LogP contribution in [0.2, 0.25) is 0 Å². The Morgan fingerprint density at radius 2 is 2.08 bits per heavy atom. The topological polar surface area (TPSA) is 67.2 Å². The molecule has 6 heteroatoms. The average Bonchev–Trinajstić information content (AvgIpc) is 3.25.